The maximum atomic E-state index is 10.6. The number of nitrogens with zero attached hydrogens (tertiary/aromatic N) is 3. The fourth-order valence-corrected chi connectivity index (χ4v) is 1.89. The summed E-state index contributed by atoms with van der Waals surface area (Å²) in [6, 6.07) is 4.61. The van der Waals surface area contributed by atoms with Crippen molar-refractivity contribution >= 4 is 11.5 Å². The number of hydrogen-bond donors (Lipinski definition) is 1. The Kier molecular flexibility index (Phi) is 2.68. The van der Waals surface area contributed by atoms with E-state index in [1.807, 2.05) is 0 Å². The van der Waals surface area contributed by atoms with E-state index in [0.29, 0.717) is 5.82 Å². The summed E-state index contributed by atoms with van der Waals surface area (Å²) < 4.78 is 0. The molecule has 0 aliphatic heterocycles. The van der Waals surface area contributed by atoms with Crippen LogP contribution in [-0.2, 0) is 0 Å². The summed E-state index contributed by atoms with van der Waals surface area (Å²) in [5, 5.41) is 22.7. The molecule has 6 nitrogen and oxygen atoms in total. The Morgan fingerprint density at radius 3 is 2.76 bits per heavy atom. The zero-order chi connectivity index (χ0) is 12.5. The van der Waals surface area contributed by atoms with Gasteiger partial charge in [0.25, 0.3) is 0 Å². The summed E-state index contributed by atoms with van der Waals surface area (Å²) in [4.78, 5) is 14.0. The van der Waals surface area contributed by atoms with E-state index in [1.165, 1.54) is 12.5 Å². The summed E-state index contributed by atoms with van der Waals surface area (Å²) in [5.74, 6) is 0.523. The van der Waals surface area contributed by atoms with Crippen molar-refractivity contribution in [2.75, 3.05) is 5.32 Å². The summed E-state index contributed by atoms with van der Waals surface area (Å²) in [7, 11) is 0. The number of nitrogens with one attached hydrogen (secondary N) is 1. The van der Waals surface area contributed by atoms with E-state index in [-0.39, 0.29) is 16.9 Å². The van der Waals surface area contributed by atoms with Crippen molar-refractivity contribution in [2.45, 2.75) is 31.7 Å². The number of pyridine rings is 1. The van der Waals surface area contributed by atoms with E-state index in [2.05, 4.69) is 17.2 Å². The molecule has 1 heterocycles. The second kappa shape index (κ2) is 4.01. The van der Waals surface area contributed by atoms with Crippen LogP contribution in [-0.4, -0.2) is 15.4 Å². The number of nitriles is 1. The number of anilines is 1. The van der Waals surface area contributed by atoms with Crippen LogP contribution in [0.5, 0.6) is 0 Å². The third kappa shape index (κ3) is 2.18. The van der Waals surface area contributed by atoms with Gasteiger partial charge in [-0.15, -0.1) is 0 Å². The van der Waals surface area contributed by atoms with Crippen LogP contribution in [0.4, 0.5) is 11.5 Å². The molecule has 88 valence electrons. The van der Waals surface area contributed by atoms with Crippen molar-refractivity contribution in [1.29, 1.82) is 5.26 Å². The van der Waals surface area contributed by atoms with Crippen LogP contribution in [0, 0.1) is 21.4 Å². The highest BCUT2D eigenvalue weighted by Gasteiger charge is 2.32. The van der Waals surface area contributed by atoms with E-state index < -0.39 is 4.92 Å². The fourth-order valence-electron chi connectivity index (χ4n) is 1.89. The Hall–Kier alpha value is -2.16. The van der Waals surface area contributed by atoms with Gasteiger partial charge in [-0.2, -0.15) is 5.26 Å². The molecule has 0 saturated heterocycles. The molecule has 1 fully saturated rings. The number of rotatable bonds is 3. The topological polar surface area (TPSA) is 91.9 Å². The molecule has 0 aromatic carbocycles. The average molecular weight is 232 g/mol. The summed E-state index contributed by atoms with van der Waals surface area (Å²) in [6.45, 7) is 2.08. The molecule has 1 aromatic rings. The van der Waals surface area contributed by atoms with Crippen molar-refractivity contribution < 1.29 is 4.92 Å². The molecule has 1 aliphatic rings. The van der Waals surface area contributed by atoms with Crippen LogP contribution < -0.4 is 5.32 Å². The first-order valence-electron chi connectivity index (χ1n) is 5.38. The SMILES string of the molecule is CC1(Nc2ccc([N+](=O)[O-])c(C#N)n2)CCC1. The van der Waals surface area contributed by atoms with Crippen LogP contribution in [0.2, 0.25) is 0 Å². The minimum Gasteiger partial charge on any atom is -0.365 e. The molecule has 2 rings (SSSR count). The number of aromatic nitrogens is 1. The highest BCUT2D eigenvalue weighted by Crippen LogP contribution is 2.34. The highest BCUT2D eigenvalue weighted by molar-refractivity contribution is 5.51. The van der Waals surface area contributed by atoms with Gasteiger partial charge in [0.15, 0.2) is 0 Å². The third-order valence-corrected chi connectivity index (χ3v) is 3.06. The lowest BCUT2D eigenvalue weighted by atomic mass is 9.78. The first-order chi connectivity index (χ1) is 8.04. The lowest BCUT2D eigenvalue weighted by Gasteiger charge is -2.39. The first-order valence-corrected chi connectivity index (χ1v) is 5.38. The third-order valence-electron chi connectivity index (χ3n) is 3.06. The molecule has 0 unspecified atom stereocenters. The molecule has 1 aromatic heterocycles. The molecule has 0 bridgehead atoms. The zero-order valence-electron chi connectivity index (χ0n) is 9.43. The van der Waals surface area contributed by atoms with Crippen LogP contribution in [0.25, 0.3) is 0 Å². The van der Waals surface area contributed by atoms with Gasteiger partial charge in [-0.05, 0) is 32.3 Å². The van der Waals surface area contributed by atoms with E-state index in [1.54, 1.807) is 12.1 Å². The van der Waals surface area contributed by atoms with Gasteiger partial charge in [0.2, 0.25) is 5.69 Å². The van der Waals surface area contributed by atoms with Gasteiger partial charge in [-0.1, -0.05) is 0 Å². The van der Waals surface area contributed by atoms with Crippen LogP contribution in [0.3, 0.4) is 0 Å². The minimum atomic E-state index is -0.597. The van der Waals surface area contributed by atoms with Gasteiger partial charge in [-0.3, -0.25) is 10.1 Å². The molecule has 6 heteroatoms. The van der Waals surface area contributed by atoms with Crippen LogP contribution >= 0.6 is 0 Å². The molecule has 1 aliphatic carbocycles. The molecule has 1 N–H and O–H groups in total. The molecule has 17 heavy (non-hydrogen) atoms. The highest BCUT2D eigenvalue weighted by atomic mass is 16.6. The standard InChI is InChI=1S/C11H12N4O2/c1-11(5-2-6-11)14-10-4-3-9(15(16)17)8(7-12)13-10/h3-4H,2,5-6H2,1H3,(H,13,14). The smallest absolute Gasteiger partial charge is 0.305 e. The Bertz CT molecular complexity index is 503. The van der Waals surface area contributed by atoms with Crippen molar-refractivity contribution in [3.8, 4) is 6.07 Å². The molecular formula is C11H12N4O2. The van der Waals surface area contributed by atoms with Crippen molar-refractivity contribution in [1.82, 2.24) is 4.98 Å². The molecule has 0 amide bonds. The Morgan fingerprint density at radius 1 is 1.59 bits per heavy atom. The van der Waals surface area contributed by atoms with Gasteiger partial charge in [-0.25, -0.2) is 4.98 Å². The second-order valence-electron chi connectivity index (χ2n) is 4.47. The summed E-state index contributed by atoms with van der Waals surface area (Å²) in [6.07, 6.45) is 3.27. The van der Waals surface area contributed by atoms with Gasteiger partial charge < -0.3 is 5.32 Å². The van der Waals surface area contributed by atoms with Crippen molar-refractivity contribution in [3.05, 3.63) is 27.9 Å². The van der Waals surface area contributed by atoms with E-state index in [0.717, 1.165) is 12.8 Å². The van der Waals surface area contributed by atoms with Crippen molar-refractivity contribution in [2.24, 2.45) is 0 Å². The van der Waals surface area contributed by atoms with E-state index >= 15 is 0 Å². The maximum Gasteiger partial charge on any atom is 0.305 e. The largest absolute Gasteiger partial charge is 0.365 e. The quantitative estimate of drug-likeness (QED) is 0.637. The molecule has 1 saturated carbocycles. The van der Waals surface area contributed by atoms with Crippen LogP contribution in [0.1, 0.15) is 31.9 Å². The minimum absolute atomic E-state index is 0.00978. The number of hydrogen-bond acceptors (Lipinski definition) is 5. The normalized spacial score (nSPS) is 16.7. The monoisotopic (exact) mass is 232 g/mol. The molecule has 0 radical (unpaired) electrons. The fraction of sp³-hybridized carbons (Fsp3) is 0.455. The van der Waals surface area contributed by atoms with Gasteiger partial charge in [0, 0.05) is 11.6 Å². The molecule has 0 atom stereocenters. The maximum absolute atomic E-state index is 10.6. The molecular weight excluding hydrogens is 220 g/mol. The van der Waals surface area contributed by atoms with Gasteiger partial charge in [0.05, 0.1) is 4.92 Å². The number of nitro groups is 1. The summed E-state index contributed by atoms with van der Waals surface area (Å²) >= 11 is 0. The van der Waals surface area contributed by atoms with Crippen LogP contribution in [0.15, 0.2) is 12.1 Å². The lowest BCUT2D eigenvalue weighted by Crippen LogP contribution is -2.41. The Labute approximate surface area is 98.4 Å². The first kappa shape index (κ1) is 11.3. The zero-order valence-corrected chi connectivity index (χ0v) is 9.43. The Morgan fingerprint density at radius 2 is 2.29 bits per heavy atom. The lowest BCUT2D eigenvalue weighted by molar-refractivity contribution is -0.385. The second-order valence-corrected chi connectivity index (χ2v) is 4.47. The van der Waals surface area contributed by atoms with Crippen molar-refractivity contribution in [3.63, 3.8) is 0 Å². The van der Waals surface area contributed by atoms with Gasteiger partial charge >= 0.3 is 5.69 Å². The Balaban J connectivity index is 2.26. The van der Waals surface area contributed by atoms with E-state index in [4.69, 9.17) is 5.26 Å². The molecule has 0 spiro atoms. The summed E-state index contributed by atoms with van der Waals surface area (Å²) in [5.41, 5.74) is -0.393. The van der Waals surface area contributed by atoms with E-state index in [9.17, 15) is 10.1 Å². The average Bonchev–Trinajstić information content (AvgIpc) is 2.26. The van der Waals surface area contributed by atoms with Gasteiger partial charge in [0.1, 0.15) is 11.9 Å². The predicted octanol–water partition coefficient (Wildman–Crippen LogP) is 2.22. The predicted molar refractivity (Wildman–Crippen MR) is 61.5 cm³/mol.